The first-order chi connectivity index (χ1) is 21.3. The van der Waals surface area contributed by atoms with Crippen LogP contribution in [0.5, 0.6) is 0 Å². The van der Waals surface area contributed by atoms with Crippen molar-refractivity contribution >= 4 is 5.69 Å². The summed E-state index contributed by atoms with van der Waals surface area (Å²) in [7, 11) is 0. The SMILES string of the molecule is c1ccc(N2C3CCC2c2c(-c4cnc([C@@H]5CCCN5)[nH]4)ccc(-c4ccc(-c5cnc([C@@H]6CCCN6)[nH]5)cc4)c23)cc1. The number of hydrogen-bond donors (Lipinski definition) is 4. The van der Waals surface area contributed by atoms with Crippen molar-refractivity contribution in [3.05, 3.63) is 102 Å². The maximum absolute atomic E-state index is 4.84. The summed E-state index contributed by atoms with van der Waals surface area (Å²) in [6.45, 7) is 2.14. The molecular weight excluding hydrogens is 530 g/mol. The summed E-state index contributed by atoms with van der Waals surface area (Å²) in [4.78, 5) is 19.5. The van der Waals surface area contributed by atoms with Crippen LogP contribution in [0.1, 0.15) is 85.5 Å². The van der Waals surface area contributed by atoms with E-state index in [1.54, 1.807) is 0 Å². The molecule has 0 amide bonds. The van der Waals surface area contributed by atoms with Gasteiger partial charge in [0.25, 0.3) is 0 Å². The Kier molecular flexibility index (Phi) is 6.01. The predicted octanol–water partition coefficient (Wildman–Crippen LogP) is 7.38. The highest BCUT2D eigenvalue weighted by atomic mass is 15.2. The second-order valence-corrected chi connectivity index (χ2v) is 12.6. The van der Waals surface area contributed by atoms with Crippen LogP contribution in [0.25, 0.3) is 33.6 Å². The first-order valence-corrected chi connectivity index (χ1v) is 16.0. The highest BCUT2D eigenvalue weighted by molar-refractivity contribution is 5.82. The average Bonchev–Trinajstić information content (AvgIpc) is 3.91. The molecule has 7 nitrogen and oxygen atoms in total. The highest BCUT2D eigenvalue weighted by Crippen LogP contribution is 2.59. The van der Waals surface area contributed by atoms with E-state index < -0.39 is 0 Å². The molecule has 0 radical (unpaired) electrons. The fraction of sp³-hybridized carbons (Fsp3) is 0.333. The number of aromatic amines is 2. The Hall–Kier alpha value is -4.20. The topological polar surface area (TPSA) is 84.7 Å². The molecule has 0 aliphatic carbocycles. The number of para-hydroxylation sites is 1. The van der Waals surface area contributed by atoms with Crippen LogP contribution in [0.3, 0.4) is 0 Å². The van der Waals surface area contributed by atoms with E-state index in [1.807, 2.05) is 6.20 Å². The maximum atomic E-state index is 4.84. The molecule has 3 fully saturated rings. The molecule has 5 aromatic rings. The van der Waals surface area contributed by atoms with Gasteiger partial charge in [-0.05, 0) is 91.6 Å². The number of hydrogen-bond acceptors (Lipinski definition) is 5. The Bertz CT molecular complexity index is 1760. The van der Waals surface area contributed by atoms with E-state index in [1.165, 1.54) is 64.8 Å². The van der Waals surface area contributed by atoms with Crippen molar-refractivity contribution in [2.75, 3.05) is 18.0 Å². The largest absolute Gasteiger partial charge is 0.357 e. The third-order valence-corrected chi connectivity index (χ3v) is 10.2. The fourth-order valence-electron chi connectivity index (χ4n) is 8.16. The van der Waals surface area contributed by atoms with Gasteiger partial charge in [-0.1, -0.05) is 54.6 Å². The number of imidazole rings is 2. The van der Waals surface area contributed by atoms with Gasteiger partial charge in [-0.15, -0.1) is 0 Å². The first kappa shape index (κ1) is 25.3. The second kappa shape index (κ2) is 10.2. The zero-order chi connectivity index (χ0) is 28.3. The van der Waals surface area contributed by atoms with E-state index in [9.17, 15) is 0 Å². The van der Waals surface area contributed by atoms with Crippen molar-refractivity contribution in [2.24, 2.45) is 0 Å². The number of nitrogens with one attached hydrogen (secondary N) is 4. The molecule has 216 valence electrons. The van der Waals surface area contributed by atoms with Crippen LogP contribution in [0, 0.1) is 0 Å². The normalized spacial score (nSPS) is 24.2. The second-order valence-electron chi connectivity index (χ2n) is 12.6. The molecule has 7 heteroatoms. The molecular formula is C36H37N7. The molecule has 2 unspecified atom stereocenters. The van der Waals surface area contributed by atoms with Gasteiger partial charge >= 0.3 is 0 Å². The lowest BCUT2D eigenvalue weighted by Crippen LogP contribution is -2.18. The Labute approximate surface area is 252 Å². The zero-order valence-corrected chi connectivity index (χ0v) is 24.3. The molecule has 3 saturated heterocycles. The number of H-pyrrole nitrogens is 2. The van der Waals surface area contributed by atoms with E-state index in [-0.39, 0.29) is 0 Å². The molecule has 2 aromatic heterocycles. The number of fused-ring (bicyclic) bond motifs is 5. The first-order valence-electron chi connectivity index (χ1n) is 16.0. The van der Waals surface area contributed by atoms with Gasteiger partial charge in [0.05, 0.1) is 47.9 Å². The molecule has 3 aromatic carbocycles. The lowest BCUT2D eigenvalue weighted by Gasteiger charge is -2.25. The van der Waals surface area contributed by atoms with Gasteiger partial charge in [-0.2, -0.15) is 0 Å². The minimum Gasteiger partial charge on any atom is -0.357 e. The number of aromatic nitrogens is 4. The van der Waals surface area contributed by atoms with E-state index >= 15 is 0 Å². The van der Waals surface area contributed by atoms with Crippen LogP contribution in [0.15, 0.2) is 79.1 Å². The predicted molar refractivity (Wildman–Crippen MR) is 171 cm³/mol. The molecule has 0 saturated carbocycles. The summed E-state index contributed by atoms with van der Waals surface area (Å²) in [5, 5.41) is 7.14. The van der Waals surface area contributed by atoms with Gasteiger partial charge in [0.1, 0.15) is 11.6 Å². The van der Waals surface area contributed by atoms with Crippen LogP contribution >= 0.6 is 0 Å². The summed E-state index contributed by atoms with van der Waals surface area (Å²) in [5.41, 5.74) is 11.6. The smallest absolute Gasteiger partial charge is 0.123 e. The van der Waals surface area contributed by atoms with Crippen LogP contribution in [-0.2, 0) is 0 Å². The average molecular weight is 568 g/mol. The fourth-order valence-corrected chi connectivity index (χ4v) is 8.16. The number of anilines is 1. The Morgan fingerprint density at radius 3 is 1.81 bits per heavy atom. The molecule has 4 N–H and O–H groups in total. The lowest BCUT2D eigenvalue weighted by molar-refractivity contribution is 0.613. The van der Waals surface area contributed by atoms with Gasteiger partial charge in [0.15, 0.2) is 0 Å². The van der Waals surface area contributed by atoms with E-state index in [2.05, 4.69) is 98.4 Å². The Balaban J connectivity index is 1.11. The van der Waals surface area contributed by atoms with Gasteiger partial charge in [0.2, 0.25) is 0 Å². The number of nitrogens with zero attached hydrogens (tertiary/aromatic N) is 3. The molecule has 6 heterocycles. The quantitative estimate of drug-likeness (QED) is 0.172. The van der Waals surface area contributed by atoms with Gasteiger partial charge in [0, 0.05) is 11.3 Å². The number of benzene rings is 3. The summed E-state index contributed by atoms with van der Waals surface area (Å²) in [5.74, 6) is 2.11. The van der Waals surface area contributed by atoms with Crippen molar-refractivity contribution in [1.82, 2.24) is 30.6 Å². The van der Waals surface area contributed by atoms with Crippen molar-refractivity contribution in [3.63, 3.8) is 0 Å². The van der Waals surface area contributed by atoms with Gasteiger partial charge < -0.3 is 25.5 Å². The molecule has 4 aliphatic heterocycles. The summed E-state index contributed by atoms with van der Waals surface area (Å²) >= 11 is 0. The van der Waals surface area contributed by atoms with E-state index in [4.69, 9.17) is 9.97 Å². The third-order valence-electron chi connectivity index (χ3n) is 10.2. The molecule has 43 heavy (non-hydrogen) atoms. The standard InChI is InChI=1S/C36H37N7/c1-2-6-24(7-3-1)43-31-16-17-32(43)34-26(30-21-40-36(42-30)28-9-5-19-38-28)15-14-25(33(31)34)22-10-12-23(13-11-22)29-20-39-35(41-29)27-8-4-18-37-27/h1-3,6-7,10-15,20-21,27-28,31-32,37-38H,4-5,8-9,16-19H2,(H,39,41)(H,40,42)/t27-,28-,31?,32?/m0/s1. The summed E-state index contributed by atoms with van der Waals surface area (Å²) < 4.78 is 0. The van der Waals surface area contributed by atoms with Crippen molar-refractivity contribution < 1.29 is 0 Å². The van der Waals surface area contributed by atoms with Crippen LogP contribution < -0.4 is 15.5 Å². The van der Waals surface area contributed by atoms with Crippen molar-refractivity contribution in [2.45, 2.75) is 62.7 Å². The molecule has 4 aliphatic rings. The number of rotatable bonds is 6. The molecule has 4 atom stereocenters. The van der Waals surface area contributed by atoms with Crippen LogP contribution in [0.2, 0.25) is 0 Å². The van der Waals surface area contributed by atoms with Crippen LogP contribution in [0.4, 0.5) is 5.69 Å². The van der Waals surface area contributed by atoms with E-state index in [0.29, 0.717) is 24.2 Å². The molecule has 0 spiro atoms. The summed E-state index contributed by atoms with van der Waals surface area (Å²) in [6, 6.07) is 26.1. The Morgan fingerprint density at radius 2 is 1.16 bits per heavy atom. The minimum atomic E-state index is 0.331. The Morgan fingerprint density at radius 1 is 0.581 bits per heavy atom. The van der Waals surface area contributed by atoms with Crippen molar-refractivity contribution in [3.8, 4) is 33.6 Å². The lowest BCUT2D eigenvalue weighted by atomic mass is 9.82. The molecule has 2 bridgehead atoms. The van der Waals surface area contributed by atoms with Crippen LogP contribution in [-0.4, -0.2) is 33.0 Å². The highest BCUT2D eigenvalue weighted by Gasteiger charge is 2.47. The minimum absolute atomic E-state index is 0.331. The zero-order valence-electron chi connectivity index (χ0n) is 24.3. The summed E-state index contributed by atoms with van der Waals surface area (Å²) in [6.07, 6.45) is 11.1. The molecule has 9 rings (SSSR count). The van der Waals surface area contributed by atoms with E-state index in [0.717, 1.165) is 49.0 Å². The van der Waals surface area contributed by atoms with Gasteiger partial charge in [-0.3, -0.25) is 0 Å². The monoisotopic (exact) mass is 567 g/mol. The maximum Gasteiger partial charge on any atom is 0.123 e. The third kappa shape index (κ3) is 4.17. The van der Waals surface area contributed by atoms with Crippen molar-refractivity contribution in [1.29, 1.82) is 0 Å². The van der Waals surface area contributed by atoms with Gasteiger partial charge in [-0.25, -0.2) is 9.97 Å².